The minimum Gasteiger partial charge on any atom is -0.497 e. The van der Waals surface area contributed by atoms with E-state index in [1.165, 1.54) is 16.2 Å². The van der Waals surface area contributed by atoms with Gasteiger partial charge in [0.25, 0.3) is 5.91 Å². The molecule has 7 nitrogen and oxygen atoms in total. The molecule has 1 N–H and O–H groups in total. The van der Waals surface area contributed by atoms with Crippen molar-refractivity contribution >= 4 is 45.4 Å². The Morgan fingerprint density at radius 2 is 1.86 bits per heavy atom. The number of nitrogens with one attached hydrogen (secondary N) is 1. The SMILES string of the molecule is COc1ccc(-n2c(C)cc(C=C3SC(=N)N(c4nnc(C)s4)C3=O)c2C)cc1. The molecule has 1 fully saturated rings. The molecule has 0 radical (unpaired) electrons. The van der Waals surface area contributed by atoms with Crippen molar-refractivity contribution in [1.82, 2.24) is 14.8 Å². The highest BCUT2D eigenvalue weighted by Gasteiger charge is 2.36. The maximum absolute atomic E-state index is 12.9. The molecule has 1 aliphatic heterocycles. The summed E-state index contributed by atoms with van der Waals surface area (Å²) < 4.78 is 7.37. The summed E-state index contributed by atoms with van der Waals surface area (Å²) in [7, 11) is 1.64. The number of carbonyl (C=O) groups excluding carboxylic acids is 1. The number of aromatic nitrogens is 3. The van der Waals surface area contributed by atoms with Gasteiger partial charge in [-0.05, 0) is 74.5 Å². The van der Waals surface area contributed by atoms with Gasteiger partial charge in [0.15, 0.2) is 5.17 Å². The number of anilines is 1. The predicted molar refractivity (Wildman–Crippen MR) is 117 cm³/mol. The molecule has 0 atom stereocenters. The summed E-state index contributed by atoms with van der Waals surface area (Å²) in [6.07, 6.45) is 1.85. The van der Waals surface area contributed by atoms with Gasteiger partial charge >= 0.3 is 0 Å². The highest BCUT2D eigenvalue weighted by Crippen LogP contribution is 2.37. The number of ether oxygens (including phenoxy) is 1. The van der Waals surface area contributed by atoms with E-state index in [0.717, 1.165) is 45.2 Å². The quantitative estimate of drug-likeness (QED) is 0.630. The Labute approximate surface area is 176 Å². The summed E-state index contributed by atoms with van der Waals surface area (Å²) >= 11 is 2.44. The molecule has 3 aromatic rings. The molecule has 29 heavy (non-hydrogen) atoms. The van der Waals surface area contributed by atoms with Crippen molar-refractivity contribution in [2.24, 2.45) is 0 Å². The number of methoxy groups -OCH3 is 1. The van der Waals surface area contributed by atoms with Gasteiger partial charge in [-0.1, -0.05) is 11.3 Å². The lowest BCUT2D eigenvalue weighted by Crippen LogP contribution is -2.27. The van der Waals surface area contributed by atoms with Gasteiger partial charge in [-0.15, -0.1) is 10.2 Å². The zero-order valence-corrected chi connectivity index (χ0v) is 18.0. The molecule has 0 bridgehead atoms. The molecule has 0 unspecified atom stereocenters. The van der Waals surface area contributed by atoms with Gasteiger partial charge in [-0.25, -0.2) is 4.90 Å². The van der Waals surface area contributed by atoms with Crippen LogP contribution in [0.25, 0.3) is 11.8 Å². The minimum atomic E-state index is -0.245. The first kappa shape index (κ1) is 19.4. The Bertz CT molecular complexity index is 1140. The predicted octanol–water partition coefficient (Wildman–Crippen LogP) is 4.32. The van der Waals surface area contributed by atoms with Crippen LogP contribution in [0.1, 0.15) is 22.0 Å². The fourth-order valence-electron chi connectivity index (χ4n) is 3.24. The zero-order chi connectivity index (χ0) is 20.7. The van der Waals surface area contributed by atoms with Gasteiger partial charge in [0.1, 0.15) is 10.8 Å². The third-order valence-electron chi connectivity index (χ3n) is 4.62. The van der Waals surface area contributed by atoms with Gasteiger partial charge < -0.3 is 9.30 Å². The van der Waals surface area contributed by atoms with E-state index in [0.29, 0.717) is 10.0 Å². The van der Waals surface area contributed by atoms with Crippen molar-refractivity contribution in [2.45, 2.75) is 20.8 Å². The molecule has 0 spiro atoms. The summed E-state index contributed by atoms with van der Waals surface area (Å²) in [5.74, 6) is 0.558. The number of rotatable bonds is 4. The van der Waals surface area contributed by atoms with Gasteiger partial charge in [0, 0.05) is 17.1 Å². The van der Waals surface area contributed by atoms with E-state index in [1.807, 2.05) is 57.2 Å². The standard InChI is InChI=1S/C20H19N5O2S2/c1-11-9-14(12(2)24(11)15-5-7-16(27-4)8-6-15)10-17-18(26)25(19(21)29-17)20-23-22-13(3)28-20/h5-10,21H,1-4H3. The number of hydrogen-bond acceptors (Lipinski definition) is 7. The zero-order valence-electron chi connectivity index (χ0n) is 16.4. The van der Waals surface area contributed by atoms with Crippen molar-refractivity contribution in [3.63, 3.8) is 0 Å². The second kappa shape index (κ2) is 7.49. The molecule has 2 aromatic heterocycles. The summed E-state index contributed by atoms with van der Waals surface area (Å²) in [5.41, 5.74) is 4.04. The van der Waals surface area contributed by atoms with Crippen LogP contribution >= 0.6 is 23.1 Å². The average Bonchev–Trinajstić information content (AvgIpc) is 3.32. The molecule has 9 heteroatoms. The third-order valence-corrected chi connectivity index (χ3v) is 6.33. The molecule has 0 saturated carbocycles. The lowest BCUT2D eigenvalue weighted by molar-refractivity contribution is -0.113. The van der Waals surface area contributed by atoms with Crippen molar-refractivity contribution in [3.8, 4) is 11.4 Å². The number of aryl methyl sites for hydroxylation is 2. The molecule has 1 amide bonds. The number of thioether (sulfide) groups is 1. The third kappa shape index (κ3) is 3.47. The second-order valence-electron chi connectivity index (χ2n) is 6.52. The molecular formula is C20H19N5O2S2. The van der Waals surface area contributed by atoms with E-state index < -0.39 is 0 Å². The first-order chi connectivity index (χ1) is 13.9. The van der Waals surface area contributed by atoms with Crippen molar-refractivity contribution in [1.29, 1.82) is 5.41 Å². The first-order valence-electron chi connectivity index (χ1n) is 8.85. The van der Waals surface area contributed by atoms with Crippen LogP contribution in [0, 0.1) is 26.2 Å². The lowest BCUT2D eigenvalue weighted by atomic mass is 10.2. The largest absolute Gasteiger partial charge is 0.497 e. The van der Waals surface area contributed by atoms with E-state index >= 15 is 0 Å². The van der Waals surface area contributed by atoms with Crippen molar-refractivity contribution in [2.75, 3.05) is 12.0 Å². The number of carbonyl (C=O) groups is 1. The van der Waals surface area contributed by atoms with Gasteiger partial charge in [-0.2, -0.15) is 0 Å². The van der Waals surface area contributed by atoms with E-state index in [4.69, 9.17) is 10.1 Å². The average molecular weight is 426 g/mol. The highest BCUT2D eigenvalue weighted by molar-refractivity contribution is 8.19. The normalized spacial score (nSPS) is 15.6. The van der Waals surface area contributed by atoms with Crippen LogP contribution in [0.4, 0.5) is 5.13 Å². The van der Waals surface area contributed by atoms with Crippen LogP contribution in [-0.2, 0) is 4.79 Å². The maximum atomic E-state index is 12.9. The van der Waals surface area contributed by atoms with Crippen LogP contribution in [0.2, 0.25) is 0 Å². The fourth-order valence-corrected chi connectivity index (χ4v) is 4.83. The molecule has 0 aliphatic carbocycles. The Kier molecular flexibility index (Phi) is 5.01. The van der Waals surface area contributed by atoms with Crippen molar-refractivity contribution < 1.29 is 9.53 Å². The molecule has 1 aromatic carbocycles. The van der Waals surface area contributed by atoms with Crippen LogP contribution in [-0.4, -0.2) is 32.9 Å². The number of nitrogens with zero attached hydrogens (tertiary/aromatic N) is 4. The van der Waals surface area contributed by atoms with Gasteiger partial charge in [-0.3, -0.25) is 10.2 Å². The fraction of sp³-hybridized carbons (Fsp3) is 0.200. The van der Waals surface area contributed by atoms with Gasteiger partial charge in [0.05, 0.1) is 12.0 Å². The van der Waals surface area contributed by atoms with Crippen LogP contribution in [0.5, 0.6) is 5.75 Å². The summed E-state index contributed by atoms with van der Waals surface area (Å²) in [6.45, 7) is 5.87. The Morgan fingerprint density at radius 1 is 1.14 bits per heavy atom. The molecule has 1 aliphatic rings. The van der Waals surface area contributed by atoms with E-state index in [2.05, 4.69) is 14.8 Å². The highest BCUT2D eigenvalue weighted by atomic mass is 32.2. The van der Waals surface area contributed by atoms with Crippen LogP contribution < -0.4 is 9.64 Å². The lowest BCUT2D eigenvalue weighted by Gasteiger charge is -2.10. The van der Waals surface area contributed by atoms with E-state index in [1.54, 1.807) is 7.11 Å². The monoisotopic (exact) mass is 425 g/mol. The summed E-state index contributed by atoms with van der Waals surface area (Å²) in [4.78, 5) is 14.7. The van der Waals surface area contributed by atoms with Crippen molar-refractivity contribution in [3.05, 3.63) is 57.2 Å². The molecule has 4 rings (SSSR count). The van der Waals surface area contributed by atoms with Crippen LogP contribution in [0.15, 0.2) is 35.2 Å². The Hall–Kier alpha value is -2.91. The smallest absolute Gasteiger partial charge is 0.273 e. The topological polar surface area (TPSA) is 84.1 Å². The minimum absolute atomic E-state index is 0.140. The Morgan fingerprint density at radius 3 is 2.48 bits per heavy atom. The number of amidine groups is 1. The number of benzene rings is 1. The maximum Gasteiger partial charge on any atom is 0.273 e. The van der Waals surface area contributed by atoms with E-state index in [-0.39, 0.29) is 11.1 Å². The van der Waals surface area contributed by atoms with E-state index in [9.17, 15) is 4.79 Å². The number of hydrogen-bond donors (Lipinski definition) is 1. The summed E-state index contributed by atoms with van der Waals surface area (Å²) in [5, 5.41) is 17.5. The molecule has 148 valence electrons. The van der Waals surface area contributed by atoms with Crippen LogP contribution in [0.3, 0.4) is 0 Å². The molecular weight excluding hydrogens is 406 g/mol. The first-order valence-corrected chi connectivity index (χ1v) is 10.5. The summed E-state index contributed by atoms with van der Waals surface area (Å²) in [6, 6.07) is 9.89. The van der Waals surface area contributed by atoms with Gasteiger partial charge in [0.2, 0.25) is 5.13 Å². The molecule has 3 heterocycles. The Balaban J connectivity index is 1.68. The number of amides is 1. The molecule has 1 saturated heterocycles. The second-order valence-corrected chi connectivity index (χ2v) is 8.71.